The van der Waals surface area contributed by atoms with Crippen molar-refractivity contribution < 1.29 is 4.79 Å². The molecule has 0 bridgehead atoms. The first-order valence-corrected chi connectivity index (χ1v) is 3.43. The van der Waals surface area contributed by atoms with Crippen LogP contribution in [-0.2, 0) is 4.79 Å². The molecule has 1 unspecified atom stereocenters. The standard InChI is InChI=1S/C7H14N2O/c1-3-6(10)4-5(2)7(8)9/h5H,3-4H2,1-2H3,(H3,8,9). The molecule has 58 valence electrons. The maximum Gasteiger partial charge on any atom is 0.133 e. The van der Waals surface area contributed by atoms with Crippen LogP contribution in [0.3, 0.4) is 0 Å². The van der Waals surface area contributed by atoms with E-state index in [1.807, 2.05) is 6.92 Å². The second kappa shape index (κ2) is 4.04. The average molecular weight is 142 g/mol. The molecule has 0 aliphatic carbocycles. The third-order valence-corrected chi connectivity index (χ3v) is 1.46. The van der Waals surface area contributed by atoms with Gasteiger partial charge in [0.15, 0.2) is 0 Å². The number of hydrogen-bond acceptors (Lipinski definition) is 2. The molecule has 0 saturated carbocycles. The smallest absolute Gasteiger partial charge is 0.133 e. The van der Waals surface area contributed by atoms with Crippen LogP contribution >= 0.6 is 0 Å². The van der Waals surface area contributed by atoms with Gasteiger partial charge >= 0.3 is 0 Å². The number of carbonyl (C=O) groups excluding carboxylic acids is 1. The summed E-state index contributed by atoms with van der Waals surface area (Å²) >= 11 is 0. The predicted octanol–water partition coefficient (Wildman–Crippen LogP) is 0.928. The maximum absolute atomic E-state index is 10.8. The Bertz CT molecular complexity index is 143. The van der Waals surface area contributed by atoms with Crippen LogP contribution in [0.25, 0.3) is 0 Å². The number of nitrogens with one attached hydrogen (secondary N) is 1. The average Bonchev–Trinajstić information content (AvgIpc) is 1.87. The summed E-state index contributed by atoms with van der Waals surface area (Å²) in [6.45, 7) is 3.60. The van der Waals surface area contributed by atoms with Crippen LogP contribution in [0.15, 0.2) is 0 Å². The molecule has 0 fully saturated rings. The lowest BCUT2D eigenvalue weighted by Gasteiger charge is -2.05. The Morgan fingerprint density at radius 2 is 2.20 bits per heavy atom. The summed E-state index contributed by atoms with van der Waals surface area (Å²) in [5.74, 6) is 0.178. The quantitative estimate of drug-likeness (QED) is 0.453. The molecule has 0 aromatic rings. The fourth-order valence-electron chi connectivity index (χ4n) is 0.596. The van der Waals surface area contributed by atoms with Crippen molar-refractivity contribution in [3.05, 3.63) is 0 Å². The van der Waals surface area contributed by atoms with Crippen LogP contribution in [0.4, 0.5) is 0 Å². The second-order valence-corrected chi connectivity index (χ2v) is 2.45. The van der Waals surface area contributed by atoms with Crippen molar-refractivity contribution in [2.45, 2.75) is 26.7 Å². The zero-order chi connectivity index (χ0) is 8.15. The summed E-state index contributed by atoms with van der Waals surface area (Å²) in [6.07, 6.45) is 0.948. The molecule has 0 spiro atoms. The number of Topliss-reactive ketones (excluding diaryl/α,β-unsaturated/α-hetero) is 1. The van der Waals surface area contributed by atoms with Gasteiger partial charge in [0.2, 0.25) is 0 Å². The van der Waals surface area contributed by atoms with Gasteiger partial charge in [0, 0.05) is 18.8 Å². The van der Waals surface area contributed by atoms with Crippen molar-refractivity contribution in [3.8, 4) is 0 Å². The van der Waals surface area contributed by atoms with Crippen LogP contribution in [0.2, 0.25) is 0 Å². The van der Waals surface area contributed by atoms with E-state index in [-0.39, 0.29) is 17.5 Å². The fraction of sp³-hybridized carbons (Fsp3) is 0.714. The van der Waals surface area contributed by atoms with Gasteiger partial charge in [0.05, 0.1) is 5.84 Å². The number of ketones is 1. The minimum atomic E-state index is -0.0903. The first-order valence-electron chi connectivity index (χ1n) is 3.43. The van der Waals surface area contributed by atoms with E-state index in [0.29, 0.717) is 12.8 Å². The molecule has 3 N–H and O–H groups in total. The van der Waals surface area contributed by atoms with E-state index in [4.69, 9.17) is 11.1 Å². The lowest BCUT2D eigenvalue weighted by Crippen LogP contribution is -2.21. The van der Waals surface area contributed by atoms with Crippen LogP contribution < -0.4 is 5.73 Å². The number of nitrogens with two attached hydrogens (primary N) is 1. The molecule has 3 nitrogen and oxygen atoms in total. The van der Waals surface area contributed by atoms with Crippen LogP contribution in [-0.4, -0.2) is 11.6 Å². The van der Waals surface area contributed by atoms with Gasteiger partial charge in [-0.2, -0.15) is 0 Å². The van der Waals surface area contributed by atoms with Gasteiger partial charge in [0.1, 0.15) is 5.78 Å². The number of rotatable bonds is 4. The van der Waals surface area contributed by atoms with E-state index in [0.717, 1.165) is 0 Å². The minimum Gasteiger partial charge on any atom is -0.387 e. The highest BCUT2D eigenvalue weighted by Crippen LogP contribution is 2.02. The van der Waals surface area contributed by atoms with Gasteiger partial charge in [-0.15, -0.1) is 0 Å². The third-order valence-electron chi connectivity index (χ3n) is 1.46. The van der Waals surface area contributed by atoms with Crippen LogP contribution in [0, 0.1) is 11.3 Å². The Morgan fingerprint density at radius 1 is 1.70 bits per heavy atom. The van der Waals surface area contributed by atoms with Crippen molar-refractivity contribution in [2.75, 3.05) is 0 Å². The molecule has 1 atom stereocenters. The van der Waals surface area contributed by atoms with E-state index < -0.39 is 0 Å². The Balaban J connectivity index is 3.68. The molecule has 0 aliphatic rings. The molecule has 3 heteroatoms. The highest BCUT2D eigenvalue weighted by Gasteiger charge is 2.08. The van der Waals surface area contributed by atoms with Gasteiger partial charge in [-0.25, -0.2) is 0 Å². The molecular weight excluding hydrogens is 128 g/mol. The highest BCUT2D eigenvalue weighted by molar-refractivity contribution is 5.86. The summed E-state index contributed by atoms with van der Waals surface area (Å²) in [5, 5.41) is 6.99. The van der Waals surface area contributed by atoms with E-state index in [1.54, 1.807) is 6.92 Å². The fourth-order valence-corrected chi connectivity index (χ4v) is 0.596. The van der Waals surface area contributed by atoms with Gasteiger partial charge in [0.25, 0.3) is 0 Å². The zero-order valence-electron chi connectivity index (χ0n) is 6.48. The Hall–Kier alpha value is -0.860. The SMILES string of the molecule is CCC(=O)CC(C)C(=N)N. The third kappa shape index (κ3) is 3.22. The summed E-state index contributed by atoms with van der Waals surface area (Å²) in [5.41, 5.74) is 5.17. The van der Waals surface area contributed by atoms with E-state index in [1.165, 1.54) is 0 Å². The monoisotopic (exact) mass is 142 g/mol. The molecule has 0 aromatic heterocycles. The lowest BCUT2D eigenvalue weighted by molar-refractivity contribution is -0.119. The zero-order valence-corrected chi connectivity index (χ0v) is 6.48. The summed E-state index contributed by atoms with van der Waals surface area (Å²) in [7, 11) is 0. The van der Waals surface area contributed by atoms with Crippen LogP contribution in [0.5, 0.6) is 0 Å². The minimum absolute atomic E-state index is 0.0903. The predicted molar refractivity (Wildman–Crippen MR) is 41.0 cm³/mol. The molecular formula is C7H14N2O. The summed E-state index contributed by atoms with van der Waals surface area (Å²) in [6, 6.07) is 0. The van der Waals surface area contributed by atoms with Gasteiger partial charge < -0.3 is 5.73 Å². The first kappa shape index (κ1) is 9.14. The Labute approximate surface area is 61.1 Å². The van der Waals surface area contributed by atoms with Gasteiger partial charge in [-0.1, -0.05) is 13.8 Å². The Kier molecular flexibility index (Phi) is 3.69. The molecule has 0 radical (unpaired) electrons. The first-order chi connectivity index (χ1) is 4.57. The van der Waals surface area contributed by atoms with Crippen LogP contribution in [0.1, 0.15) is 26.7 Å². The largest absolute Gasteiger partial charge is 0.387 e. The highest BCUT2D eigenvalue weighted by atomic mass is 16.1. The van der Waals surface area contributed by atoms with E-state index in [2.05, 4.69) is 0 Å². The molecule has 0 rings (SSSR count). The summed E-state index contributed by atoms with van der Waals surface area (Å²) in [4.78, 5) is 10.8. The van der Waals surface area contributed by atoms with E-state index in [9.17, 15) is 4.79 Å². The molecule has 0 heterocycles. The number of carbonyl (C=O) groups is 1. The van der Waals surface area contributed by atoms with Gasteiger partial charge in [-0.05, 0) is 0 Å². The molecule has 0 aromatic carbocycles. The summed E-state index contributed by atoms with van der Waals surface area (Å²) < 4.78 is 0. The van der Waals surface area contributed by atoms with Crippen molar-refractivity contribution in [1.82, 2.24) is 0 Å². The molecule has 0 amide bonds. The number of hydrogen-bond donors (Lipinski definition) is 2. The van der Waals surface area contributed by atoms with Crippen molar-refractivity contribution in [3.63, 3.8) is 0 Å². The Morgan fingerprint density at radius 3 is 2.50 bits per heavy atom. The molecule has 10 heavy (non-hydrogen) atoms. The topological polar surface area (TPSA) is 66.9 Å². The van der Waals surface area contributed by atoms with E-state index >= 15 is 0 Å². The second-order valence-electron chi connectivity index (χ2n) is 2.45. The molecule has 0 saturated heterocycles. The van der Waals surface area contributed by atoms with Crippen molar-refractivity contribution in [2.24, 2.45) is 11.7 Å². The maximum atomic E-state index is 10.8. The molecule has 0 aliphatic heterocycles. The van der Waals surface area contributed by atoms with Gasteiger partial charge in [-0.3, -0.25) is 10.2 Å². The van der Waals surface area contributed by atoms with Crippen molar-refractivity contribution >= 4 is 11.6 Å². The van der Waals surface area contributed by atoms with Crippen molar-refractivity contribution in [1.29, 1.82) is 5.41 Å². The number of amidine groups is 1. The lowest BCUT2D eigenvalue weighted by atomic mass is 10.0. The normalized spacial score (nSPS) is 12.6.